The third kappa shape index (κ3) is 2.91. The molecule has 1 aromatic heterocycles. The van der Waals surface area contributed by atoms with Gasteiger partial charge in [-0.15, -0.1) is 0 Å². The summed E-state index contributed by atoms with van der Waals surface area (Å²) in [6.45, 7) is 13.0. The number of nitrogens with zero attached hydrogens (tertiary/aromatic N) is 2. The molecular formula is C16H29N3O. The Bertz CT molecular complexity index is 418. The molecular weight excluding hydrogens is 250 g/mol. The first-order chi connectivity index (χ1) is 9.60. The zero-order valence-electron chi connectivity index (χ0n) is 13.5. The lowest BCUT2D eigenvalue weighted by molar-refractivity contribution is 0.0472. The third-order valence-corrected chi connectivity index (χ3v) is 4.63. The second kappa shape index (κ2) is 6.72. The largest absolute Gasteiger partial charge is 0.375 e. The van der Waals surface area contributed by atoms with Crippen LogP contribution >= 0.6 is 0 Å². The van der Waals surface area contributed by atoms with Gasteiger partial charge in [0.05, 0.1) is 23.9 Å². The van der Waals surface area contributed by atoms with E-state index >= 15 is 0 Å². The first-order valence-corrected chi connectivity index (χ1v) is 8.00. The summed E-state index contributed by atoms with van der Waals surface area (Å²) < 4.78 is 8.19. The highest BCUT2D eigenvalue weighted by Crippen LogP contribution is 2.40. The summed E-state index contributed by atoms with van der Waals surface area (Å²) in [6.07, 6.45) is 3.65. The Hall–Kier alpha value is -0.870. The monoisotopic (exact) mass is 279 g/mol. The van der Waals surface area contributed by atoms with E-state index in [4.69, 9.17) is 4.74 Å². The lowest BCUT2D eigenvalue weighted by Gasteiger charge is -2.30. The highest BCUT2D eigenvalue weighted by atomic mass is 16.5. The molecule has 0 spiro atoms. The van der Waals surface area contributed by atoms with Gasteiger partial charge in [-0.2, -0.15) is 5.10 Å². The minimum Gasteiger partial charge on any atom is -0.375 e. The predicted octanol–water partition coefficient (Wildman–Crippen LogP) is 3.00. The van der Waals surface area contributed by atoms with E-state index < -0.39 is 0 Å². The lowest BCUT2D eigenvalue weighted by Crippen LogP contribution is -2.36. The number of ether oxygens (including phenoxy) is 1. The number of nitrogens with one attached hydrogen (secondary N) is 1. The molecule has 0 aliphatic carbocycles. The summed E-state index contributed by atoms with van der Waals surface area (Å²) in [5, 5.41) is 8.15. The average Bonchev–Trinajstić information content (AvgIpc) is 2.95. The van der Waals surface area contributed by atoms with E-state index in [1.54, 1.807) is 0 Å². The van der Waals surface area contributed by atoms with Gasteiger partial charge in [0.1, 0.15) is 0 Å². The molecule has 0 bridgehead atoms. The molecule has 5 atom stereocenters. The summed E-state index contributed by atoms with van der Waals surface area (Å²) in [4.78, 5) is 0. The Labute approximate surface area is 122 Å². The van der Waals surface area contributed by atoms with Crippen molar-refractivity contribution < 1.29 is 4.74 Å². The Morgan fingerprint density at radius 3 is 2.60 bits per heavy atom. The minimum absolute atomic E-state index is 0.286. The molecule has 5 unspecified atom stereocenters. The fourth-order valence-corrected chi connectivity index (χ4v) is 3.53. The van der Waals surface area contributed by atoms with E-state index in [9.17, 15) is 0 Å². The molecule has 2 heterocycles. The molecule has 1 aliphatic rings. The molecule has 0 radical (unpaired) electrons. The second-order valence-electron chi connectivity index (χ2n) is 6.00. The SMILES string of the molecule is CCCn1nccc1C(NCC)C1C(C)OC(C)C1C. The summed E-state index contributed by atoms with van der Waals surface area (Å²) >= 11 is 0. The minimum atomic E-state index is 0.286. The number of rotatable bonds is 6. The fourth-order valence-electron chi connectivity index (χ4n) is 3.53. The van der Waals surface area contributed by atoms with Gasteiger partial charge in [-0.3, -0.25) is 4.68 Å². The molecule has 1 aliphatic heterocycles. The van der Waals surface area contributed by atoms with Gasteiger partial charge in [0.25, 0.3) is 0 Å². The Kier molecular flexibility index (Phi) is 5.22. The normalized spacial score (nSPS) is 31.6. The number of aromatic nitrogens is 2. The van der Waals surface area contributed by atoms with Gasteiger partial charge in [-0.05, 0) is 38.8 Å². The van der Waals surface area contributed by atoms with Crippen LogP contribution in [0.1, 0.15) is 52.8 Å². The Morgan fingerprint density at radius 2 is 2.05 bits per heavy atom. The van der Waals surface area contributed by atoms with Gasteiger partial charge < -0.3 is 10.1 Å². The maximum atomic E-state index is 6.04. The molecule has 1 N–H and O–H groups in total. The maximum Gasteiger partial charge on any atom is 0.0601 e. The van der Waals surface area contributed by atoms with Crippen LogP contribution in [0.15, 0.2) is 12.3 Å². The van der Waals surface area contributed by atoms with Crippen LogP contribution < -0.4 is 5.32 Å². The van der Waals surface area contributed by atoms with Crippen molar-refractivity contribution in [3.8, 4) is 0 Å². The van der Waals surface area contributed by atoms with Crippen molar-refractivity contribution in [1.29, 1.82) is 0 Å². The standard InChI is InChI=1S/C16H29N3O/c1-6-10-19-14(8-9-18-19)16(17-7-2)15-11(3)12(4)20-13(15)5/h8-9,11-13,15-17H,6-7,10H2,1-5H3. The van der Waals surface area contributed by atoms with Crippen LogP contribution in [-0.2, 0) is 11.3 Å². The van der Waals surface area contributed by atoms with Gasteiger partial charge in [-0.25, -0.2) is 0 Å². The van der Waals surface area contributed by atoms with Crippen molar-refractivity contribution in [2.75, 3.05) is 6.54 Å². The van der Waals surface area contributed by atoms with E-state index in [1.807, 2.05) is 6.20 Å². The van der Waals surface area contributed by atoms with Gasteiger partial charge in [-0.1, -0.05) is 20.8 Å². The van der Waals surface area contributed by atoms with Crippen molar-refractivity contribution in [2.24, 2.45) is 11.8 Å². The van der Waals surface area contributed by atoms with Crippen LogP contribution in [-0.4, -0.2) is 28.5 Å². The number of aryl methyl sites for hydroxylation is 1. The molecule has 20 heavy (non-hydrogen) atoms. The van der Waals surface area contributed by atoms with Crippen LogP contribution in [0.2, 0.25) is 0 Å². The number of hydrogen-bond donors (Lipinski definition) is 1. The average molecular weight is 279 g/mol. The molecule has 2 rings (SSSR count). The third-order valence-electron chi connectivity index (χ3n) is 4.63. The van der Waals surface area contributed by atoms with Gasteiger partial charge in [0.15, 0.2) is 0 Å². The van der Waals surface area contributed by atoms with Crippen molar-refractivity contribution in [3.05, 3.63) is 18.0 Å². The van der Waals surface area contributed by atoms with E-state index in [1.165, 1.54) is 5.69 Å². The smallest absolute Gasteiger partial charge is 0.0601 e. The molecule has 0 saturated carbocycles. The molecule has 1 aromatic rings. The highest BCUT2D eigenvalue weighted by Gasteiger charge is 2.42. The lowest BCUT2D eigenvalue weighted by atomic mass is 9.82. The quantitative estimate of drug-likeness (QED) is 0.870. The van der Waals surface area contributed by atoms with Crippen molar-refractivity contribution in [2.45, 2.75) is 65.8 Å². The first-order valence-electron chi connectivity index (χ1n) is 8.00. The van der Waals surface area contributed by atoms with E-state index in [2.05, 4.69) is 55.8 Å². The zero-order chi connectivity index (χ0) is 14.7. The summed E-state index contributed by atoms with van der Waals surface area (Å²) in [5.74, 6) is 1.05. The zero-order valence-corrected chi connectivity index (χ0v) is 13.5. The molecule has 114 valence electrons. The van der Waals surface area contributed by atoms with E-state index in [0.29, 0.717) is 24.0 Å². The van der Waals surface area contributed by atoms with Crippen LogP contribution in [0.25, 0.3) is 0 Å². The Balaban J connectivity index is 2.28. The van der Waals surface area contributed by atoms with Crippen LogP contribution in [0.4, 0.5) is 0 Å². The fraction of sp³-hybridized carbons (Fsp3) is 0.812. The molecule has 4 nitrogen and oxygen atoms in total. The molecule has 4 heteroatoms. The molecule has 1 saturated heterocycles. The van der Waals surface area contributed by atoms with Crippen molar-refractivity contribution in [1.82, 2.24) is 15.1 Å². The van der Waals surface area contributed by atoms with Gasteiger partial charge in [0, 0.05) is 18.7 Å². The summed E-state index contributed by atoms with van der Waals surface area (Å²) in [6, 6.07) is 2.48. The number of hydrogen-bond acceptors (Lipinski definition) is 3. The summed E-state index contributed by atoms with van der Waals surface area (Å²) in [7, 11) is 0. The maximum absolute atomic E-state index is 6.04. The highest BCUT2D eigenvalue weighted by molar-refractivity contribution is 5.11. The van der Waals surface area contributed by atoms with Crippen LogP contribution in [0, 0.1) is 11.8 Å². The summed E-state index contributed by atoms with van der Waals surface area (Å²) in [5.41, 5.74) is 1.30. The predicted molar refractivity (Wildman–Crippen MR) is 81.6 cm³/mol. The Morgan fingerprint density at radius 1 is 1.30 bits per heavy atom. The van der Waals surface area contributed by atoms with Crippen molar-refractivity contribution >= 4 is 0 Å². The van der Waals surface area contributed by atoms with E-state index in [0.717, 1.165) is 19.5 Å². The van der Waals surface area contributed by atoms with Crippen LogP contribution in [0.5, 0.6) is 0 Å². The van der Waals surface area contributed by atoms with E-state index in [-0.39, 0.29) is 6.10 Å². The molecule has 1 fully saturated rings. The molecule has 0 aromatic carbocycles. The second-order valence-corrected chi connectivity index (χ2v) is 6.00. The van der Waals surface area contributed by atoms with Gasteiger partial charge >= 0.3 is 0 Å². The molecule has 0 amide bonds. The van der Waals surface area contributed by atoms with Crippen molar-refractivity contribution in [3.63, 3.8) is 0 Å². The first kappa shape index (κ1) is 15.5. The van der Waals surface area contributed by atoms with Crippen LogP contribution in [0.3, 0.4) is 0 Å². The van der Waals surface area contributed by atoms with Gasteiger partial charge in [0.2, 0.25) is 0 Å². The topological polar surface area (TPSA) is 39.1 Å².